The van der Waals surface area contributed by atoms with Crippen molar-refractivity contribution in [3.63, 3.8) is 0 Å². The Kier molecular flexibility index (Phi) is 3.17. The van der Waals surface area contributed by atoms with Gasteiger partial charge in [0, 0.05) is 16.6 Å². The van der Waals surface area contributed by atoms with Crippen LogP contribution >= 0.6 is 0 Å². The number of rotatable bonds is 2. The highest BCUT2D eigenvalue weighted by Crippen LogP contribution is 2.21. The fourth-order valence-corrected chi connectivity index (χ4v) is 2.20. The van der Waals surface area contributed by atoms with Crippen molar-refractivity contribution in [3.05, 3.63) is 65.4 Å². The molecule has 5 heteroatoms. The fourth-order valence-electron chi connectivity index (χ4n) is 2.20. The number of H-pyrrole nitrogens is 1. The van der Waals surface area contributed by atoms with Gasteiger partial charge in [0.25, 0.3) is 5.91 Å². The van der Waals surface area contributed by atoms with Crippen LogP contribution in [0.2, 0.25) is 0 Å². The quantitative estimate of drug-likeness (QED) is 0.734. The van der Waals surface area contributed by atoms with E-state index in [9.17, 15) is 13.6 Å². The lowest BCUT2D eigenvalue weighted by Crippen LogP contribution is -2.13. The van der Waals surface area contributed by atoms with Gasteiger partial charge in [0.2, 0.25) is 0 Å². The first-order valence-electron chi connectivity index (χ1n) is 6.39. The summed E-state index contributed by atoms with van der Waals surface area (Å²) in [6, 6.07) is 10.2. The molecule has 21 heavy (non-hydrogen) atoms. The number of hydrogen-bond acceptors (Lipinski definition) is 1. The zero-order chi connectivity index (χ0) is 15.0. The molecule has 1 heterocycles. The van der Waals surface area contributed by atoms with Crippen molar-refractivity contribution >= 4 is 22.5 Å². The van der Waals surface area contributed by atoms with Crippen molar-refractivity contribution in [2.75, 3.05) is 5.32 Å². The summed E-state index contributed by atoms with van der Waals surface area (Å²) < 4.78 is 26.6. The molecule has 0 saturated carbocycles. The lowest BCUT2D eigenvalue weighted by molar-refractivity contribution is 0.102. The standard InChI is InChI=1S/C16H12F2N2O/c1-9-7-10(17)5-6-13(9)20-16(21)15-8-11-12(18)3-2-4-14(11)19-15/h2-8,19H,1H3,(H,20,21). The van der Waals surface area contributed by atoms with Crippen LogP contribution in [-0.4, -0.2) is 10.9 Å². The molecule has 0 aliphatic heterocycles. The number of benzene rings is 2. The number of carbonyl (C=O) groups is 1. The topological polar surface area (TPSA) is 44.9 Å². The van der Waals surface area contributed by atoms with Crippen molar-refractivity contribution in [2.24, 2.45) is 0 Å². The molecular weight excluding hydrogens is 274 g/mol. The Balaban J connectivity index is 1.92. The van der Waals surface area contributed by atoms with Crippen LogP contribution in [0.1, 0.15) is 16.1 Å². The Morgan fingerprint density at radius 2 is 1.95 bits per heavy atom. The highest BCUT2D eigenvalue weighted by Gasteiger charge is 2.12. The molecule has 0 spiro atoms. The summed E-state index contributed by atoms with van der Waals surface area (Å²) >= 11 is 0. The van der Waals surface area contributed by atoms with Crippen LogP contribution in [0.15, 0.2) is 42.5 Å². The summed E-state index contributed by atoms with van der Waals surface area (Å²) in [5.74, 6) is -1.15. The average Bonchev–Trinajstić information content (AvgIpc) is 2.87. The third-order valence-corrected chi connectivity index (χ3v) is 3.29. The number of carbonyl (C=O) groups excluding carboxylic acids is 1. The first-order chi connectivity index (χ1) is 10.0. The van der Waals surface area contributed by atoms with Crippen molar-refractivity contribution in [2.45, 2.75) is 6.92 Å². The van der Waals surface area contributed by atoms with Gasteiger partial charge in [-0.1, -0.05) is 6.07 Å². The van der Waals surface area contributed by atoms with Crippen LogP contribution in [-0.2, 0) is 0 Å². The smallest absolute Gasteiger partial charge is 0.272 e. The molecular formula is C16H12F2N2O. The van der Waals surface area contributed by atoms with E-state index in [1.807, 2.05) is 0 Å². The monoisotopic (exact) mass is 286 g/mol. The van der Waals surface area contributed by atoms with Gasteiger partial charge in [0.15, 0.2) is 0 Å². The third-order valence-electron chi connectivity index (χ3n) is 3.29. The van der Waals surface area contributed by atoms with Crippen molar-refractivity contribution in [1.82, 2.24) is 4.98 Å². The molecule has 1 aromatic heterocycles. The molecule has 0 unspecified atom stereocenters. The van der Waals surface area contributed by atoms with Gasteiger partial charge in [-0.05, 0) is 48.9 Å². The van der Waals surface area contributed by atoms with E-state index in [1.165, 1.54) is 30.3 Å². The van der Waals surface area contributed by atoms with Gasteiger partial charge >= 0.3 is 0 Å². The summed E-state index contributed by atoms with van der Waals surface area (Å²) in [5, 5.41) is 3.03. The average molecular weight is 286 g/mol. The van der Waals surface area contributed by atoms with Gasteiger partial charge in [-0.3, -0.25) is 4.79 Å². The van der Waals surface area contributed by atoms with E-state index >= 15 is 0 Å². The molecule has 0 saturated heterocycles. The Morgan fingerprint density at radius 1 is 1.14 bits per heavy atom. The second kappa shape index (κ2) is 5.01. The van der Waals surface area contributed by atoms with Crippen LogP contribution in [0.4, 0.5) is 14.5 Å². The summed E-state index contributed by atoms with van der Waals surface area (Å²) in [7, 11) is 0. The van der Waals surface area contributed by atoms with Gasteiger partial charge in [0.1, 0.15) is 17.3 Å². The maximum atomic E-state index is 13.6. The summed E-state index contributed by atoms with van der Waals surface area (Å²) in [6.45, 7) is 1.70. The van der Waals surface area contributed by atoms with Gasteiger partial charge in [0.05, 0.1) is 0 Å². The maximum Gasteiger partial charge on any atom is 0.272 e. The minimum absolute atomic E-state index is 0.249. The van der Waals surface area contributed by atoms with Crippen LogP contribution in [0.25, 0.3) is 10.9 Å². The lowest BCUT2D eigenvalue weighted by atomic mass is 10.2. The minimum atomic E-state index is -0.402. The number of anilines is 1. The summed E-state index contributed by atoms with van der Waals surface area (Å²) in [5.41, 5.74) is 1.93. The fraction of sp³-hybridized carbons (Fsp3) is 0.0625. The minimum Gasteiger partial charge on any atom is -0.350 e. The molecule has 3 aromatic rings. The van der Waals surface area contributed by atoms with Crippen LogP contribution in [0, 0.1) is 18.6 Å². The van der Waals surface area contributed by atoms with E-state index in [0.717, 1.165) is 0 Å². The number of amides is 1. The largest absolute Gasteiger partial charge is 0.350 e. The van der Waals surface area contributed by atoms with Gasteiger partial charge in [-0.2, -0.15) is 0 Å². The second-order valence-electron chi connectivity index (χ2n) is 4.80. The summed E-state index contributed by atoms with van der Waals surface area (Å²) in [6.07, 6.45) is 0. The maximum absolute atomic E-state index is 13.6. The molecule has 1 amide bonds. The molecule has 3 rings (SSSR count). The number of aryl methyl sites for hydroxylation is 1. The molecule has 2 aromatic carbocycles. The van der Waals surface area contributed by atoms with Crippen LogP contribution in [0.5, 0.6) is 0 Å². The predicted octanol–water partition coefficient (Wildman–Crippen LogP) is 4.01. The SMILES string of the molecule is Cc1cc(F)ccc1NC(=O)c1cc2c(F)cccc2[nH]1. The molecule has 3 nitrogen and oxygen atoms in total. The van der Waals surface area contributed by atoms with E-state index in [2.05, 4.69) is 10.3 Å². The highest BCUT2D eigenvalue weighted by atomic mass is 19.1. The predicted molar refractivity (Wildman–Crippen MR) is 77.3 cm³/mol. The van der Waals surface area contributed by atoms with Crippen LogP contribution in [0.3, 0.4) is 0 Å². The highest BCUT2D eigenvalue weighted by molar-refractivity contribution is 6.06. The number of aromatic nitrogens is 1. The van der Waals surface area contributed by atoms with Gasteiger partial charge in [-0.25, -0.2) is 8.78 Å². The second-order valence-corrected chi connectivity index (χ2v) is 4.80. The zero-order valence-electron chi connectivity index (χ0n) is 11.2. The van der Waals surface area contributed by atoms with Crippen LogP contribution < -0.4 is 5.32 Å². The first kappa shape index (κ1) is 13.3. The van der Waals surface area contributed by atoms with Gasteiger partial charge in [-0.15, -0.1) is 0 Å². The van der Waals surface area contributed by atoms with E-state index in [0.29, 0.717) is 22.2 Å². The molecule has 0 aliphatic rings. The van der Waals surface area contributed by atoms with Crippen molar-refractivity contribution < 1.29 is 13.6 Å². The van der Waals surface area contributed by atoms with E-state index in [-0.39, 0.29) is 17.3 Å². The van der Waals surface area contributed by atoms with E-state index in [4.69, 9.17) is 0 Å². The Bertz CT molecular complexity index is 839. The number of nitrogens with one attached hydrogen (secondary N) is 2. The number of fused-ring (bicyclic) bond motifs is 1. The number of hydrogen-bond donors (Lipinski definition) is 2. The number of halogens is 2. The molecule has 0 aliphatic carbocycles. The molecule has 0 atom stereocenters. The third kappa shape index (κ3) is 2.50. The van der Waals surface area contributed by atoms with Crippen molar-refractivity contribution in [3.8, 4) is 0 Å². The lowest BCUT2D eigenvalue weighted by Gasteiger charge is -2.07. The molecule has 0 fully saturated rings. The molecule has 0 bridgehead atoms. The Hall–Kier alpha value is -2.69. The van der Waals surface area contributed by atoms with E-state index < -0.39 is 5.91 Å². The van der Waals surface area contributed by atoms with Gasteiger partial charge < -0.3 is 10.3 Å². The summed E-state index contributed by atoms with van der Waals surface area (Å²) in [4.78, 5) is 15.0. The zero-order valence-corrected chi connectivity index (χ0v) is 11.2. The number of aromatic amines is 1. The van der Waals surface area contributed by atoms with Crippen molar-refractivity contribution in [1.29, 1.82) is 0 Å². The molecule has 106 valence electrons. The molecule has 2 N–H and O–H groups in total. The van der Waals surface area contributed by atoms with E-state index in [1.54, 1.807) is 19.1 Å². The molecule has 0 radical (unpaired) electrons. The Labute approximate surface area is 119 Å². The first-order valence-corrected chi connectivity index (χ1v) is 6.39. The Morgan fingerprint density at radius 3 is 2.67 bits per heavy atom. The normalized spacial score (nSPS) is 10.8.